The van der Waals surface area contributed by atoms with Crippen molar-refractivity contribution in [2.45, 2.75) is 79.4 Å². The van der Waals surface area contributed by atoms with Crippen LogP contribution in [-0.2, 0) is 5.41 Å². The summed E-state index contributed by atoms with van der Waals surface area (Å²) in [4.78, 5) is 5.45. The molecule has 0 fully saturated rings. The summed E-state index contributed by atoms with van der Waals surface area (Å²) in [6.45, 7) is 16.1. The molecule has 5 aromatic carbocycles. The molecule has 1 aliphatic carbocycles. The first kappa shape index (κ1) is 29.0. The van der Waals surface area contributed by atoms with E-state index in [1.54, 1.807) is 0 Å². The van der Waals surface area contributed by atoms with E-state index < -0.39 is 0 Å². The zero-order chi connectivity index (χ0) is 31.2. The highest BCUT2D eigenvalue weighted by Gasteiger charge is 2.29. The molecule has 3 aliphatic rings. The van der Waals surface area contributed by atoms with E-state index in [1.165, 1.54) is 80.4 Å². The molecule has 0 bridgehead atoms. The molecule has 1 unspecified atom stereocenters. The van der Waals surface area contributed by atoms with Gasteiger partial charge in [0, 0.05) is 36.3 Å². The summed E-state index contributed by atoms with van der Waals surface area (Å²) in [6.07, 6.45) is 7.27. The van der Waals surface area contributed by atoms with Crippen LogP contribution in [0.15, 0.2) is 128 Å². The van der Waals surface area contributed by atoms with Crippen LogP contribution in [0, 0.1) is 11.3 Å². The third-order valence-electron chi connectivity index (χ3n) is 9.92. The molecular formula is C43H40S2. The molecule has 2 aliphatic heterocycles. The highest BCUT2D eigenvalue weighted by molar-refractivity contribution is 8.00. The molecule has 0 radical (unpaired) electrons. The average molecular weight is 621 g/mol. The van der Waals surface area contributed by atoms with Gasteiger partial charge >= 0.3 is 0 Å². The van der Waals surface area contributed by atoms with Crippen molar-refractivity contribution >= 4 is 34.3 Å². The Balaban J connectivity index is 1.16. The topological polar surface area (TPSA) is 0 Å². The monoisotopic (exact) mass is 620 g/mol. The molecule has 2 heteroatoms. The quantitative estimate of drug-likeness (QED) is 0.189. The molecule has 8 rings (SSSR count). The number of rotatable bonds is 2. The molecule has 0 saturated carbocycles. The Morgan fingerprint density at radius 3 is 1.67 bits per heavy atom. The fourth-order valence-electron chi connectivity index (χ4n) is 7.25. The fourth-order valence-corrected chi connectivity index (χ4v) is 9.58. The molecule has 2 heterocycles. The summed E-state index contributed by atoms with van der Waals surface area (Å²) in [7, 11) is 0. The smallest absolute Gasteiger partial charge is 0.0208 e. The molecule has 5 aromatic rings. The minimum absolute atomic E-state index is 0.160. The summed E-state index contributed by atoms with van der Waals surface area (Å²) in [5.74, 6) is 0.892. The van der Waals surface area contributed by atoms with Gasteiger partial charge < -0.3 is 0 Å². The molecule has 0 spiro atoms. The highest BCUT2D eigenvalue weighted by Crippen LogP contribution is 2.56. The Morgan fingerprint density at radius 2 is 1.09 bits per heavy atom. The molecule has 0 saturated heterocycles. The van der Waals surface area contributed by atoms with E-state index >= 15 is 0 Å². The van der Waals surface area contributed by atoms with Crippen LogP contribution in [-0.4, -0.2) is 0 Å². The molecule has 0 nitrogen and oxygen atoms in total. The van der Waals surface area contributed by atoms with Crippen LogP contribution >= 0.6 is 23.5 Å². The lowest BCUT2D eigenvalue weighted by molar-refractivity contribution is 0.496. The van der Waals surface area contributed by atoms with Crippen LogP contribution in [0.25, 0.3) is 44.2 Å². The SMILES string of the molecule is CC1C=C(C(C)(C)C)C=C[C@@H]1c1ccc2c(c1)Sc1ccc3c4c(ccc-2c14)-c1ccc(-c2ccc(C(C)(C)C)cc2)cc1S3. The van der Waals surface area contributed by atoms with Gasteiger partial charge in [-0.3, -0.25) is 0 Å². The van der Waals surface area contributed by atoms with Crippen molar-refractivity contribution in [1.82, 2.24) is 0 Å². The third kappa shape index (κ3) is 4.84. The minimum Gasteiger partial charge on any atom is -0.0888 e. The van der Waals surface area contributed by atoms with Crippen LogP contribution in [0.3, 0.4) is 0 Å². The highest BCUT2D eigenvalue weighted by atomic mass is 32.2. The zero-order valence-electron chi connectivity index (χ0n) is 27.3. The summed E-state index contributed by atoms with van der Waals surface area (Å²) >= 11 is 3.87. The maximum absolute atomic E-state index is 2.48. The molecule has 45 heavy (non-hydrogen) atoms. The van der Waals surface area contributed by atoms with Crippen LogP contribution in [0.4, 0.5) is 0 Å². The minimum atomic E-state index is 0.160. The zero-order valence-corrected chi connectivity index (χ0v) is 28.9. The average Bonchev–Trinajstić information content (AvgIpc) is 3.01. The van der Waals surface area contributed by atoms with Gasteiger partial charge in [-0.05, 0) is 91.1 Å². The molecule has 0 amide bonds. The lowest BCUT2D eigenvalue weighted by Crippen LogP contribution is -2.16. The second-order valence-corrected chi connectivity index (χ2v) is 17.3. The second-order valence-electron chi connectivity index (χ2n) is 15.1. The molecule has 0 aromatic heterocycles. The van der Waals surface area contributed by atoms with Crippen LogP contribution in [0.5, 0.6) is 0 Å². The summed E-state index contributed by atoms with van der Waals surface area (Å²) in [6, 6.07) is 32.9. The summed E-state index contributed by atoms with van der Waals surface area (Å²) in [5, 5.41) is 2.83. The van der Waals surface area contributed by atoms with Crippen LogP contribution in [0.1, 0.15) is 65.5 Å². The van der Waals surface area contributed by atoms with Gasteiger partial charge in [0.15, 0.2) is 0 Å². The summed E-state index contributed by atoms with van der Waals surface area (Å²) < 4.78 is 0. The Hall–Kier alpha value is -3.46. The Morgan fingerprint density at radius 1 is 0.533 bits per heavy atom. The van der Waals surface area contributed by atoms with E-state index in [0.717, 1.165) is 0 Å². The number of hydrogen-bond donors (Lipinski definition) is 0. The third-order valence-corrected chi connectivity index (χ3v) is 12.2. The number of benzene rings is 5. The molecular weight excluding hydrogens is 581 g/mol. The van der Waals surface area contributed by atoms with E-state index in [9.17, 15) is 0 Å². The molecule has 224 valence electrons. The first-order valence-electron chi connectivity index (χ1n) is 16.2. The van der Waals surface area contributed by atoms with Crippen molar-refractivity contribution in [1.29, 1.82) is 0 Å². The van der Waals surface area contributed by atoms with Gasteiger partial charge in [0.05, 0.1) is 0 Å². The second kappa shape index (κ2) is 10.3. The van der Waals surface area contributed by atoms with E-state index in [2.05, 4.69) is 152 Å². The van der Waals surface area contributed by atoms with Crippen molar-refractivity contribution in [3.8, 4) is 33.4 Å². The van der Waals surface area contributed by atoms with Gasteiger partial charge in [0.25, 0.3) is 0 Å². The van der Waals surface area contributed by atoms with Gasteiger partial charge in [0.2, 0.25) is 0 Å². The van der Waals surface area contributed by atoms with E-state index in [4.69, 9.17) is 0 Å². The lowest BCUT2D eigenvalue weighted by atomic mass is 9.76. The van der Waals surface area contributed by atoms with Crippen molar-refractivity contribution < 1.29 is 0 Å². The fraction of sp³-hybridized carbons (Fsp3) is 0.256. The standard InChI is InChI=1S/C43H40S2/c1-25-22-30(43(5,6)7)14-17-31(25)28-11-16-33-35-19-18-34-32-15-10-27(26-8-12-29(13-9-26)42(2,3)4)23-38(32)44-36-20-21-37(41(35)40(34)36)45-39(33)24-28/h8-25,31H,1-7H3/t25?,31-/m0/s1. The van der Waals surface area contributed by atoms with Gasteiger partial charge in [-0.1, -0.05) is 151 Å². The maximum Gasteiger partial charge on any atom is 0.0208 e. The lowest BCUT2D eigenvalue weighted by Gasteiger charge is -2.30. The maximum atomic E-state index is 2.48. The van der Waals surface area contributed by atoms with Gasteiger partial charge in [-0.15, -0.1) is 0 Å². The van der Waals surface area contributed by atoms with Crippen molar-refractivity contribution in [3.05, 3.63) is 120 Å². The van der Waals surface area contributed by atoms with Crippen molar-refractivity contribution in [2.75, 3.05) is 0 Å². The number of allylic oxidation sites excluding steroid dienone is 4. The van der Waals surface area contributed by atoms with E-state index in [-0.39, 0.29) is 10.8 Å². The van der Waals surface area contributed by atoms with Crippen molar-refractivity contribution in [2.24, 2.45) is 11.3 Å². The van der Waals surface area contributed by atoms with Gasteiger partial charge in [-0.25, -0.2) is 0 Å². The summed E-state index contributed by atoms with van der Waals surface area (Å²) in [5.41, 5.74) is 12.6. The van der Waals surface area contributed by atoms with E-state index in [0.29, 0.717) is 11.8 Å². The Kier molecular flexibility index (Phi) is 6.62. The van der Waals surface area contributed by atoms with E-state index in [1.807, 2.05) is 23.5 Å². The predicted molar refractivity (Wildman–Crippen MR) is 196 cm³/mol. The number of hydrogen-bond acceptors (Lipinski definition) is 2. The largest absolute Gasteiger partial charge is 0.0888 e. The number of fused-ring (bicyclic) bond motifs is 4. The Bertz CT molecular complexity index is 2080. The van der Waals surface area contributed by atoms with Gasteiger partial charge in [0.1, 0.15) is 0 Å². The molecule has 0 N–H and O–H groups in total. The first-order chi connectivity index (χ1) is 21.5. The molecule has 2 atom stereocenters. The normalized spacial score (nSPS) is 18.4. The van der Waals surface area contributed by atoms with Gasteiger partial charge in [-0.2, -0.15) is 0 Å². The first-order valence-corrected chi connectivity index (χ1v) is 17.8. The van der Waals surface area contributed by atoms with Crippen LogP contribution < -0.4 is 0 Å². The Labute approximate surface area is 277 Å². The van der Waals surface area contributed by atoms with Crippen molar-refractivity contribution in [3.63, 3.8) is 0 Å². The van der Waals surface area contributed by atoms with Crippen LogP contribution in [0.2, 0.25) is 0 Å². The predicted octanol–water partition coefficient (Wildman–Crippen LogP) is 13.3.